The van der Waals surface area contributed by atoms with E-state index in [9.17, 15) is 8.78 Å². The van der Waals surface area contributed by atoms with Crippen molar-refractivity contribution in [2.75, 3.05) is 0 Å². The molecule has 1 aromatic carbocycles. The highest BCUT2D eigenvalue weighted by molar-refractivity contribution is 5.17. The van der Waals surface area contributed by atoms with Crippen LogP contribution in [-0.2, 0) is 6.42 Å². The molecule has 1 aliphatic rings. The van der Waals surface area contributed by atoms with E-state index in [0.717, 1.165) is 36.7 Å². The van der Waals surface area contributed by atoms with Crippen molar-refractivity contribution < 1.29 is 8.78 Å². The molecule has 0 aliphatic heterocycles. The number of nitrogens with zero attached hydrogens (tertiary/aromatic N) is 1. The molecule has 0 amide bonds. The summed E-state index contributed by atoms with van der Waals surface area (Å²) in [5, 5.41) is 8.47. The van der Waals surface area contributed by atoms with Gasteiger partial charge in [-0.15, -0.1) is 0 Å². The summed E-state index contributed by atoms with van der Waals surface area (Å²) >= 11 is 0. The van der Waals surface area contributed by atoms with E-state index in [1.165, 1.54) is 57.1 Å². The minimum Gasteiger partial charge on any atom is -0.204 e. The summed E-state index contributed by atoms with van der Waals surface area (Å²) in [7, 11) is 0. The van der Waals surface area contributed by atoms with Crippen LogP contribution in [0.25, 0.3) is 0 Å². The fourth-order valence-corrected chi connectivity index (χ4v) is 3.73. The Kier molecular flexibility index (Phi) is 7.95. The number of aryl methyl sites for hydroxylation is 1. The van der Waals surface area contributed by atoms with Crippen LogP contribution in [-0.4, -0.2) is 0 Å². The van der Waals surface area contributed by atoms with Gasteiger partial charge in [-0.3, -0.25) is 0 Å². The van der Waals surface area contributed by atoms with Crippen molar-refractivity contribution in [3.63, 3.8) is 0 Å². The zero-order valence-corrected chi connectivity index (χ0v) is 14.3. The van der Waals surface area contributed by atoms with Crippen LogP contribution in [0.1, 0.15) is 63.4 Å². The first-order valence-corrected chi connectivity index (χ1v) is 9.17. The number of halogens is 2. The zero-order chi connectivity index (χ0) is 17.2. The summed E-state index contributed by atoms with van der Waals surface area (Å²) in [5.41, 5.74) is 0.892. The summed E-state index contributed by atoms with van der Waals surface area (Å²) < 4.78 is 26.0. The third-order valence-corrected chi connectivity index (χ3v) is 5.21. The molecular formula is C21H27F2N. The van der Waals surface area contributed by atoms with Gasteiger partial charge in [-0.25, -0.2) is 8.78 Å². The maximum Gasteiger partial charge on any atom is 0.159 e. The van der Waals surface area contributed by atoms with Gasteiger partial charge in [0.05, 0.1) is 6.07 Å². The summed E-state index contributed by atoms with van der Waals surface area (Å²) in [6.45, 7) is 0. The predicted molar refractivity (Wildman–Crippen MR) is 93.3 cm³/mol. The lowest BCUT2D eigenvalue weighted by Gasteiger charge is -2.28. The molecule has 0 unspecified atom stereocenters. The van der Waals surface area contributed by atoms with Gasteiger partial charge in [0.15, 0.2) is 11.6 Å². The van der Waals surface area contributed by atoms with Gasteiger partial charge in [-0.2, -0.15) is 5.26 Å². The second kappa shape index (κ2) is 10.2. The van der Waals surface area contributed by atoms with Crippen LogP contribution in [0.3, 0.4) is 0 Å². The van der Waals surface area contributed by atoms with Gasteiger partial charge in [0.25, 0.3) is 0 Å². The Hall–Kier alpha value is -1.69. The topological polar surface area (TPSA) is 23.8 Å². The molecule has 1 saturated carbocycles. The molecule has 1 aromatic rings. The Morgan fingerprint density at radius 3 is 2.38 bits per heavy atom. The molecule has 0 radical (unpaired) electrons. The Bertz CT molecular complexity index is 566. The minimum absolute atomic E-state index is 0.740. The average molecular weight is 331 g/mol. The molecule has 0 N–H and O–H groups in total. The quantitative estimate of drug-likeness (QED) is 0.402. The highest BCUT2D eigenvalue weighted by atomic mass is 19.2. The highest BCUT2D eigenvalue weighted by Crippen LogP contribution is 2.34. The number of nitriles is 1. The number of unbranched alkanes of at least 4 members (excludes halogenated alkanes) is 1. The van der Waals surface area contributed by atoms with Crippen LogP contribution >= 0.6 is 0 Å². The Labute approximate surface area is 144 Å². The first-order valence-electron chi connectivity index (χ1n) is 9.17. The van der Waals surface area contributed by atoms with Crippen molar-refractivity contribution in [3.8, 4) is 6.07 Å². The summed E-state index contributed by atoms with van der Waals surface area (Å²) in [4.78, 5) is 0. The van der Waals surface area contributed by atoms with Crippen molar-refractivity contribution in [3.05, 3.63) is 47.5 Å². The van der Waals surface area contributed by atoms with Gasteiger partial charge in [0, 0.05) is 6.08 Å². The van der Waals surface area contributed by atoms with Crippen LogP contribution in [0.4, 0.5) is 8.78 Å². The molecule has 1 aliphatic carbocycles. The van der Waals surface area contributed by atoms with Gasteiger partial charge in [0.1, 0.15) is 0 Å². The van der Waals surface area contributed by atoms with E-state index >= 15 is 0 Å². The average Bonchev–Trinajstić information content (AvgIpc) is 2.60. The van der Waals surface area contributed by atoms with Crippen molar-refractivity contribution in [1.82, 2.24) is 0 Å². The first-order chi connectivity index (χ1) is 11.7. The van der Waals surface area contributed by atoms with Gasteiger partial charge in [-0.05, 0) is 55.2 Å². The van der Waals surface area contributed by atoms with E-state index < -0.39 is 11.6 Å². The number of benzene rings is 1. The lowest BCUT2D eigenvalue weighted by molar-refractivity contribution is 0.250. The van der Waals surface area contributed by atoms with E-state index in [-0.39, 0.29) is 0 Å². The maximum atomic E-state index is 13.2. The van der Waals surface area contributed by atoms with Gasteiger partial charge < -0.3 is 0 Å². The molecule has 130 valence electrons. The van der Waals surface area contributed by atoms with Crippen molar-refractivity contribution in [2.45, 2.75) is 64.2 Å². The lowest BCUT2D eigenvalue weighted by atomic mass is 9.78. The second-order valence-electron chi connectivity index (χ2n) is 6.99. The molecule has 0 bridgehead atoms. The molecule has 0 saturated heterocycles. The van der Waals surface area contributed by atoms with Gasteiger partial charge >= 0.3 is 0 Å². The maximum absolute atomic E-state index is 13.2. The number of hydrogen-bond acceptors (Lipinski definition) is 1. The largest absolute Gasteiger partial charge is 0.204 e. The van der Waals surface area contributed by atoms with Crippen LogP contribution < -0.4 is 0 Å². The zero-order valence-electron chi connectivity index (χ0n) is 14.3. The molecule has 2 rings (SSSR count). The number of hydrogen-bond donors (Lipinski definition) is 0. The van der Waals surface area contributed by atoms with Crippen molar-refractivity contribution in [2.24, 2.45) is 11.8 Å². The summed E-state index contributed by atoms with van der Waals surface area (Å²) in [6, 6.07) is 6.26. The molecule has 0 heterocycles. The lowest BCUT2D eigenvalue weighted by Crippen LogP contribution is -2.14. The van der Waals surface area contributed by atoms with Crippen molar-refractivity contribution in [1.29, 1.82) is 5.26 Å². The monoisotopic (exact) mass is 331 g/mol. The van der Waals surface area contributed by atoms with E-state index in [4.69, 9.17) is 5.26 Å². The van der Waals surface area contributed by atoms with Gasteiger partial charge in [0.2, 0.25) is 0 Å². The van der Waals surface area contributed by atoms with E-state index in [1.807, 2.05) is 12.1 Å². The molecule has 1 fully saturated rings. The van der Waals surface area contributed by atoms with Crippen LogP contribution in [0.2, 0.25) is 0 Å². The van der Waals surface area contributed by atoms with Gasteiger partial charge in [-0.1, -0.05) is 50.7 Å². The third kappa shape index (κ3) is 6.43. The summed E-state index contributed by atoms with van der Waals surface area (Å²) in [5.74, 6) is 0.154. The molecule has 3 heteroatoms. The Morgan fingerprint density at radius 2 is 1.71 bits per heavy atom. The minimum atomic E-state index is -0.765. The van der Waals surface area contributed by atoms with E-state index in [2.05, 4.69) is 0 Å². The molecule has 0 atom stereocenters. The highest BCUT2D eigenvalue weighted by Gasteiger charge is 2.20. The SMILES string of the molecule is N#C/C=C/CCC1CCC(CCCCc2ccc(F)c(F)c2)CC1. The number of allylic oxidation sites excluding steroid dienone is 2. The van der Waals surface area contributed by atoms with E-state index in [0.29, 0.717) is 0 Å². The predicted octanol–water partition coefficient (Wildman–Crippen LogP) is 6.34. The molecule has 24 heavy (non-hydrogen) atoms. The molecule has 1 nitrogen and oxygen atoms in total. The second-order valence-corrected chi connectivity index (χ2v) is 6.99. The molecule has 0 aromatic heterocycles. The first kappa shape index (κ1) is 18.6. The van der Waals surface area contributed by atoms with E-state index in [1.54, 1.807) is 12.1 Å². The smallest absolute Gasteiger partial charge is 0.159 e. The summed E-state index contributed by atoms with van der Waals surface area (Å²) in [6.07, 6.45) is 15.4. The van der Waals surface area contributed by atoms with Crippen molar-refractivity contribution >= 4 is 0 Å². The fourth-order valence-electron chi connectivity index (χ4n) is 3.73. The van der Waals surface area contributed by atoms with Crippen LogP contribution in [0.5, 0.6) is 0 Å². The molecule has 0 spiro atoms. The Balaban J connectivity index is 1.57. The molecular weight excluding hydrogens is 304 g/mol. The van der Waals surface area contributed by atoms with Crippen LogP contribution in [0, 0.1) is 34.8 Å². The third-order valence-electron chi connectivity index (χ3n) is 5.21. The Morgan fingerprint density at radius 1 is 1.00 bits per heavy atom. The fraction of sp³-hybridized carbons (Fsp3) is 0.571. The number of rotatable bonds is 8. The van der Waals surface area contributed by atoms with Crippen LogP contribution in [0.15, 0.2) is 30.4 Å². The standard InChI is InChI=1S/C21H27F2N/c22-20-14-13-19(16-21(20)23)8-4-3-7-18-11-9-17(10-12-18)6-2-1-5-15-24/h1,5,13-14,16-18H,2-4,6-12H2/b5-1+. The normalized spacial score (nSPS) is 21.0.